The van der Waals surface area contributed by atoms with Gasteiger partial charge in [-0.25, -0.2) is 6.07 Å². The first kappa shape index (κ1) is 13.0. The first-order valence-electron chi connectivity index (χ1n) is 4.44. The fraction of sp³-hybridized carbons (Fsp3) is 0.167. The molecular formula is C12H14FeO-6. The van der Waals surface area contributed by atoms with Crippen molar-refractivity contribution < 1.29 is 22.2 Å². The topological polar surface area (TPSA) is 20.2 Å². The van der Waals surface area contributed by atoms with Crippen LogP contribution in [0.3, 0.4) is 0 Å². The molecule has 0 aliphatic carbocycles. The maximum absolute atomic E-state index is 8.95. The van der Waals surface area contributed by atoms with Crippen molar-refractivity contribution in [3.63, 3.8) is 0 Å². The molecule has 0 saturated carbocycles. The number of aryl methyl sites for hydroxylation is 1. The quantitative estimate of drug-likeness (QED) is 0.589. The summed E-state index contributed by atoms with van der Waals surface area (Å²) in [5.41, 5.74) is 1.03. The minimum Gasteiger partial charge on any atom is -0.748 e. The monoisotopic (exact) mass is 230 g/mol. The molecule has 2 heteroatoms. The first-order valence-corrected chi connectivity index (χ1v) is 4.44. The molecule has 0 heterocycles. The fourth-order valence-electron chi connectivity index (χ4n) is 1.07. The molecule has 2 aromatic rings. The summed E-state index contributed by atoms with van der Waals surface area (Å²) in [4.78, 5) is 0. The van der Waals surface area contributed by atoms with E-state index in [1.807, 2.05) is 49.4 Å². The Morgan fingerprint density at radius 3 is 1.93 bits per heavy atom. The largest absolute Gasteiger partial charge is 0.748 e. The van der Waals surface area contributed by atoms with Crippen LogP contribution in [0.2, 0.25) is 0 Å². The SMILES string of the molecule is CC[c-]1cccc1O.[Fe].[cH-]1[cH-][cH-][cH-][cH-]1. The van der Waals surface area contributed by atoms with Gasteiger partial charge in [-0.3, -0.25) is 0 Å². The molecule has 1 N–H and O–H groups in total. The molecule has 0 atom stereocenters. The van der Waals surface area contributed by atoms with Crippen molar-refractivity contribution in [2.45, 2.75) is 13.3 Å². The Morgan fingerprint density at radius 1 is 1.21 bits per heavy atom. The summed E-state index contributed by atoms with van der Waals surface area (Å²) >= 11 is 0. The summed E-state index contributed by atoms with van der Waals surface area (Å²) in [5.74, 6) is 0.424. The maximum atomic E-state index is 8.95. The minimum atomic E-state index is 0. The van der Waals surface area contributed by atoms with Crippen LogP contribution in [0.4, 0.5) is 0 Å². The molecule has 82 valence electrons. The van der Waals surface area contributed by atoms with Crippen LogP contribution in [0.1, 0.15) is 12.5 Å². The van der Waals surface area contributed by atoms with Crippen molar-refractivity contribution >= 4 is 0 Å². The van der Waals surface area contributed by atoms with E-state index in [1.165, 1.54) is 0 Å². The van der Waals surface area contributed by atoms with Gasteiger partial charge >= 0.3 is 0 Å². The minimum absolute atomic E-state index is 0. The molecule has 0 aromatic heterocycles. The van der Waals surface area contributed by atoms with Crippen LogP contribution in [-0.4, -0.2) is 5.11 Å². The predicted octanol–water partition coefficient (Wildman–Crippen LogP) is 3.08. The number of aromatic hydroxyl groups is 1. The van der Waals surface area contributed by atoms with E-state index >= 15 is 0 Å². The van der Waals surface area contributed by atoms with Crippen molar-refractivity contribution in [1.82, 2.24) is 0 Å². The number of hydrogen-bond donors (Lipinski definition) is 1. The average molecular weight is 230 g/mol. The van der Waals surface area contributed by atoms with Gasteiger partial charge in [-0.05, 0) is 0 Å². The van der Waals surface area contributed by atoms with E-state index in [9.17, 15) is 0 Å². The Labute approximate surface area is 95.6 Å². The van der Waals surface area contributed by atoms with Crippen molar-refractivity contribution in [3.05, 3.63) is 54.1 Å². The molecule has 0 spiro atoms. The third-order valence-electron chi connectivity index (χ3n) is 1.82. The van der Waals surface area contributed by atoms with Gasteiger partial charge in [-0.15, -0.1) is 5.56 Å². The van der Waals surface area contributed by atoms with Crippen molar-refractivity contribution in [3.8, 4) is 5.75 Å². The van der Waals surface area contributed by atoms with Gasteiger partial charge in [0.2, 0.25) is 0 Å². The van der Waals surface area contributed by atoms with Crippen LogP contribution in [-0.2, 0) is 23.5 Å². The molecule has 0 aliphatic heterocycles. The van der Waals surface area contributed by atoms with E-state index in [0.29, 0.717) is 5.75 Å². The molecule has 2 aromatic carbocycles. The molecule has 0 aliphatic rings. The van der Waals surface area contributed by atoms with Crippen LogP contribution < -0.4 is 0 Å². The summed E-state index contributed by atoms with van der Waals surface area (Å²) in [6, 6.07) is 15.5. The molecular weight excluding hydrogens is 216 g/mol. The fourth-order valence-corrected chi connectivity index (χ4v) is 1.07. The maximum Gasteiger partial charge on any atom is 0.000570 e. The van der Waals surface area contributed by atoms with E-state index in [1.54, 1.807) is 6.07 Å². The molecule has 0 radical (unpaired) electrons. The summed E-state index contributed by atoms with van der Waals surface area (Å²) < 4.78 is 0. The van der Waals surface area contributed by atoms with Gasteiger partial charge in [0, 0.05) is 22.8 Å². The molecule has 0 amide bonds. The van der Waals surface area contributed by atoms with E-state index in [0.717, 1.165) is 12.0 Å². The summed E-state index contributed by atoms with van der Waals surface area (Å²) in [5, 5.41) is 8.95. The molecule has 0 bridgehead atoms. The average Bonchev–Trinajstić information content (AvgIpc) is 2.76. The van der Waals surface area contributed by atoms with Crippen LogP contribution >= 0.6 is 0 Å². The number of rotatable bonds is 1. The summed E-state index contributed by atoms with van der Waals surface area (Å²) in [6.07, 6.45) is 0.916. The smallest absolute Gasteiger partial charge is 0.000570 e. The Balaban J connectivity index is 0.000000246. The van der Waals surface area contributed by atoms with E-state index in [4.69, 9.17) is 5.11 Å². The standard InChI is InChI=1S/C7H9O.C5H5.Fe/c1-2-6-4-3-5-7(6)8;1-2-4-5-3-1;/h3-5,8H,2H2,1H3;1-5H;/q-1;-5;. The third-order valence-corrected chi connectivity index (χ3v) is 1.82. The molecule has 14 heavy (non-hydrogen) atoms. The van der Waals surface area contributed by atoms with E-state index < -0.39 is 0 Å². The van der Waals surface area contributed by atoms with Gasteiger partial charge < -0.3 is 35.4 Å². The van der Waals surface area contributed by atoms with Crippen molar-refractivity contribution in [2.75, 3.05) is 0 Å². The van der Waals surface area contributed by atoms with Crippen LogP contribution in [0, 0.1) is 0 Å². The van der Waals surface area contributed by atoms with Crippen LogP contribution in [0.15, 0.2) is 48.5 Å². The summed E-state index contributed by atoms with van der Waals surface area (Å²) in [6.45, 7) is 2.02. The molecule has 0 saturated heterocycles. The van der Waals surface area contributed by atoms with Gasteiger partial charge in [0.05, 0.1) is 0 Å². The second-order valence-electron chi connectivity index (χ2n) is 2.75. The van der Waals surface area contributed by atoms with E-state index in [-0.39, 0.29) is 17.1 Å². The van der Waals surface area contributed by atoms with Gasteiger partial charge in [-0.2, -0.15) is 12.1 Å². The third kappa shape index (κ3) is 4.31. The second-order valence-corrected chi connectivity index (χ2v) is 2.75. The van der Waals surface area contributed by atoms with Crippen LogP contribution in [0.25, 0.3) is 0 Å². The van der Waals surface area contributed by atoms with Gasteiger partial charge in [0.15, 0.2) is 0 Å². The number of hydrogen-bond acceptors (Lipinski definition) is 1. The zero-order valence-corrected chi connectivity index (χ0v) is 9.23. The Bertz CT molecular complexity index is 291. The summed E-state index contributed by atoms with van der Waals surface area (Å²) in [7, 11) is 0. The molecule has 1 nitrogen and oxygen atoms in total. The van der Waals surface area contributed by atoms with Gasteiger partial charge in [-0.1, -0.05) is 13.3 Å². The van der Waals surface area contributed by atoms with Crippen LogP contribution in [0.5, 0.6) is 5.75 Å². The van der Waals surface area contributed by atoms with Gasteiger partial charge in [0.1, 0.15) is 0 Å². The Morgan fingerprint density at radius 2 is 1.71 bits per heavy atom. The normalized spacial score (nSPS) is 8.36. The first-order chi connectivity index (χ1) is 6.34. The molecule has 2 rings (SSSR count). The zero-order valence-electron chi connectivity index (χ0n) is 8.13. The van der Waals surface area contributed by atoms with Crippen molar-refractivity contribution in [2.24, 2.45) is 0 Å². The molecule has 0 fully saturated rings. The zero-order chi connectivity index (χ0) is 9.52. The predicted molar refractivity (Wildman–Crippen MR) is 55.1 cm³/mol. The van der Waals surface area contributed by atoms with Crippen molar-refractivity contribution in [1.29, 1.82) is 0 Å². The Kier molecular flexibility index (Phi) is 6.91. The Hall–Kier alpha value is -0.981. The molecule has 0 unspecified atom stereocenters. The van der Waals surface area contributed by atoms with E-state index in [2.05, 4.69) is 0 Å². The second kappa shape index (κ2) is 7.43. The van der Waals surface area contributed by atoms with Gasteiger partial charge in [0.25, 0.3) is 0 Å².